The largest absolute Gasteiger partial charge is 0.495 e. The molecule has 0 saturated heterocycles. The van der Waals surface area contributed by atoms with Gasteiger partial charge in [-0.3, -0.25) is 13.9 Å². The normalized spacial score (nSPS) is 11.8. The summed E-state index contributed by atoms with van der Waals surface area (Å²) in [4.78, 5) is 29.1. The van der Waals surface area contributed by atoms with Crippen LogP contribution in [-0.2, 0) is 32.6 Å². The molecule has 1 N–H and O–H groups in total. The first-order valence-electron chi connectivity index (χ1n) is 13.7. The lowest BCUT2D eigenvalue weighted by Gasteiger charge is -2.33. The second-order valence-corrected chi connectivity index (χ2v) is 12.2. The van der Waals surface area contributed by atoms with E-state index in [0.717, 1.165) is 21.0 Å². The molecule has 4 aromatic rings. The lowest BCUT2D eigenvalue weighted by Crippen LogP contribution is -2.53. The van der Waals surface area contributed by atoms with Crippen molar-refractivity contribution in [3.05, 3.63) is 125 Å². The summed E-state index contributed by atoms with van der Waals surface area (Å²) in [6.45, 7) is 1.47. The van der Waals surface area contributed by atoms with Crippen molar-refractivity contribution in [2.24, 2.45) is 0 Å². The van der Waals surface area contributed by atoms with Crippen LogP contribution >= 0.6 is 11.6 Å². The first-order chi connectivity index (χ1) is 20.6. The van der Waals surface area contributed by atoms with E-state index in [-0.39, 0.29) is 34.5 Å². The number of halogens is 1. The summed E-state index contributed by atoms with van der Waals surface area (Å²) in [7, 11) is -1.25. The highest BCUT2D eigenvalue weighted by Gasteiger charge is 2.34. The molecule has 43 heavy (non-hydrogen) atoms. The molecule has 0 bridgehead atoms. The topological polar surface area (TPSA) is 96.0 Å². The van der Waals surface area contributed by atoms with E-state index in [1.807, 2.05) is 61.5 Å². The van der Waals surface area contributed by atoms with Gasteiger partial charge in [0.1, 0.15) is 18.3 Å². The van der Waals surface area contributed by atoms with Crippen LogP contribution in [0.1, 0.15) is 16.7 Å². The summed E-state index contributed by atoms with van der Waals surface area (Å²) in [5.41, 5.74) is 2.88. The summed E-state index contributed by atoms with van der Waals surface area (Å²) in [5, 5.41) is 2.87. The van der Waals surface area contributed by atoms with E-state index in [0.29, 0.717) is 5.75 Å². The van der Waals surface area contributed by atoms with Gasteiger partial charge < -0.3 is 15.0 Å². The van der Waals surface area contributed by atoms with Gasteiger partial charge in [-0.15, -0.1) is 0 Å². The Balaban J connectivity index is 1.80. The van der Waals surface area contributed by atoms with Crippen LogP contribution in [0.4, 0.5) is 5.69 Å². The molecule has 8 nitrogen and oxygen atoms in total. The smallest absolute Gasteiger partial charge is 0.264 e. The van der Waals surface area contributed by atoms with E-state index >= 15 is 0 Å². The minimum absolute atomic E-state index is 0.00645. The summed E-state index contributed by atoms with van der Waals surface area (Å²) in [6.07, 6.45) is 0.234. The van der Waals surface area contributed by atoms with E-state index in [4.69, 9.17) is 16.3 Å². The van der Waals surface area contributed by atoms with E-state index in [9.17, 15) is 18.0 Å². The van der Waals surface area contributed by atoms with E-state index in [2.05, 4.69) is 5.32 Å². The predicted molar refractivity (Wildman–Crippen MR) is 169 cm³/mol. The van der Waals surface area contributed by atoms with Gasteiger partial charge in [0.2, 0.25) is 11.8 Å². The lowest BCUT2D eigenvalue weighted by molar-refractivity contribution is -0.139. The van der Waals surface area contributed by atoms with Crippen molar-refractivity contribution in [1.29, 1.82) is 0 Å². The molecule has 224 valence electrons. The zero-order valence-electron chi connectivity index (χ0n) is 24.2. The van der Waals surface area contributed by atoms with Gasteiger partial charge in [-0.05, 0) is 48.4 Å². The summed E-state index contributed by atoms with van der Waals surface area (Å²) >= 11 is 6.40. The number of ether oxygens (including phenoxy) is 1. The second kappa shape index (κ2) is 14.2. The van der Waals surface area contributed by atoms with Crippen LogP contribution in [0.5, 0.6) is 5.75 Å². The number of rotatable bonds is 12. The molecule has 0 aliphatic rings. The summed E-state index contributed by atoms with van der Waals surface area (Å²) < 4.78 is 34.3. The van der Waals surface area contributed by atoms with Crippen LogP contribution in [0.2, 0.25) is 5.02 Å². The average Bonchev–Trinajstić information content (AvgIpc) is 3.02. The van der Waals surface area contributed by atoms with Crippen LogP contribution in [0.25, 0.3) is 0 Å². The number of nitrogens with one attached hydrogen (secondary N) is 1. The van der Waals surface area contributed by atoms with Crippen LogP contribution in [-0.4, -0.2) is 51.9 Å². The van der Waals surface area contributed by atoms with Gasteiger partial charge in [0.15, 0.2) is 0 Å². The standard InChI is InChI=1S/C33H34ClN3O5S/c1-24-14-16-26(17-15-24)22-36(30(33(39)35-2)20-25-10-6-4-7-11-25)32(38)23-37(27-18-19-31(42-3)29(34)21-27)43(40,41)28-12-8-5-9-13-28/h4-19,21,30H,20,22-23H2,1-3H3,(H,35,39)/t30-/m0/s1. The Bertz CT molecular complexity index is 1650. The highest BCUT2D eigenvalue weighted by Crippen LogP contribution is 2.32. The third-order valence-corrected chi connectivity index (χ3v) is 9.11. The molecule has 0 saturated carbocycles. The first kappa shape index (κ1) is 31.6. The molecule has 0 heterocycles. The monoisotopic (exact) mass is 619 g/mol. The molecule has 10 heteroatoms. The van der Waals surface area contributed by atoms with Gasteiger partial charge in [-0.1, -0.05) is 90.0 Å². The van der Waals surface area contributed by atoms with Gasteiger partial charge in [-0.2, -0.15) is 0 Å². The van der Waals surface area contributed by atoms with Gasteiger partial charge in [0.05, 0.1) is 22.7 Å². The molecule has 0 fully saturated rings. The molecule has 0 spiro atoms. The number of amides is 2. The van der Waals surface area contributed by atoms with Gasteiger partial charge in [0, 0.05) is 20.0 Å². The number of benzene rings is 4. The van der Waals surface area contributed by atoms with Crippen LogP contribution in [0.15, 0.2) is 108 Å². The van der Waals surface area contributed by atoms with Crippen LogP contribution in [0.3, 0.4) is 0 Å². The highest BCUT2D eigenvalue weighted by molar-refractivity contribution is 7.92. The summed E-state index contributed by atoms with van der Waals surface area (Å²) in [5.74, 6) is -0.567. The van der Waals surface area contributed by atoms with E-state index in [1.54, 1.807) is 24.3 Å². The number of nitrogens with zero attached hydrogens (tertiary/aromatic N) is 2. The molecule has 1 atom stereocenters. The number of sulfonamides is 1. The minimum Gasteiger partial charge on any atom is -0.495 e. The number of methoxy groups -OCH3 is 1. The molecular weight excluding hydrogens is 586 g/mol. The third kappa shape index (κ3) is 7.74. The molecular formula is C33H34ClN3O5S. The van der Waals surface area contributed by atoms with Crippen molar-refractivity contribution in [2.45, 2.75) is 30.8 Å². The maximum atomic E-state index is 14.3. The Hall–Kier alpha value is -4.34. The fourth-order valence-corrected chi connectivity index (χ4v) is 6.35. The molecule has 0 aromatic heterocycles. The molecule has 0 unspecified atom stereocenters. The zero-order chi connectivity index (χ0) is 31.0. The predicted octanol–water partition coefficient (Wildman–Crippen LogP) is 5.24. The number of likely N-dealkylation sites (N-methyl/N-ethyl adjacent to an activating group) is 1. The van der Waals surface area contributed by atoms with Gasteiger partial charge in [-0.25, -0.2) is 8.42 Å². The highest BCUT2D eigenvalue weighted by atomic mass is 35.5. The summed E-state index contributed by atoms with van der Waals surface area (Å²) in [6, 6.07) is 28.5. The third-order valence-electron chi connectivity index (χ3n) is 7.02. The van der Waals surface area contributed by atoms with E-state index < -0.39 is 28.5 Å². The number of aryl methyl sites for hydroxylation is 1. The first-order valence-corrected chi connectivity index (χ1v) is 15.5. The Kier molecular flexibility index (Phi) is 10.4. The maximum absolute atomic E-state index is 14.3. The number of hydrogen-bond acceptors (Lipinski definition) is 5. The Labute approximate surface area is 257 Å². The van der Waals surface area contributed by atoms with Gasteiger partial charge >= 0.3 is 0 Å². The van der Waals surface area contributed by atoms with Crippen molar-refractivity contribution in [3.8, 4) is 5.75 Å². The van der Waals surface area contributed by atoms with Crippen molar-refractivity contribution >= 4 is 39.1 Å². The fraction of sp³-hybridized carbons (Fsp3) is 0.212. The number of hydrogen-bond donors (Lipinski definition) is 1. The van der Waals surface area contributed by atoms with Crippen molar-refractivity contribution in [2.75, 3.05) is 25.0 Å². The maximum Gasteiger partial charge on any atom is 0.264 e. The zero-order valence-corrected chi connectivity index (χ0v) is 25.8. The molecule has 0 aliphatic heterocycles. The Morgan fingerprint density at radius 1 is 0.884 bits per heavy atom. The van der Waals surface area contributed by atoms with Crippen molar-refractivity contribution in [3.63, 3.8) is 0 Å². The molecule has 4 aromatic carbocycles. The number of carbonyl (C=O) groups excluding carboxylic acids is 2. The quantitative estimate of drug-likeness (QED) is 0.234. The fourth-order valence-electron chi connectivity index (χ4n) is 4.67. The van der Waals surface area contributed by atoms with Crippen LogP contribution in [0, 0.1) is 6.92 Å². The molecule has 0 radical (unpaired) electrons. The van der Waals surface area contributed by atoms with Crippen LogP contribution < -0.4 is 14.4 Å². The number of carbonyl (C=O) groups is 2. The SMILES string of the molecule is CNC(=O)[C@H](Cc1ccccc1)N(Cc1ccc(C)cc1)C(=O)CN(c1ccc(OC)c(Cl)c1)S(=O)(=O)c1ccccc1. The number of anilines is 1. The van der Waals surface area contributed by atoms with Gasteiger partial charge in [0.25, 0.3) is 10.0 Å². The Morgan fingerprint density at radius 3 is 2.09 bits per heavy atom. The molecule has 0 aliphatic carbocycles. The minimum atomic E-state index is -4.22. The average molecular weight is 620 g/mol. The van der Waals surface area contributed by atoms with Crippen molar-refractivity contribution in [1.82, 2.24) is 10.2 Å². The Morgan fingerprint density at radius 2 is 1.51 bits per heavy atom. The lowest BCUT2D eigenvalue weighted by atomic mass is 10.0. The molecule has 4 rings (SSSR count). The second-order valence-electron chi connectivity index (χ2n) is 9.97. The van der Waals surface area contributed by atoms with Crippen molar-refractivity contribution < 1.29 is 22.7 Å². The van der Waals surface area contributed by atoms with E-state index in [1.165, 1.54) is 43.3 Å². The molecule has 2 amide bonds.